The Balaban J connectivity index is 2.13. The third kappa shape index (κ3) is 2.58. The normalized spacial score (nSPS) is 24.2. The van der Waals surface area contributed by atoms with Crippen molar-refractivity contribution in [1.29, 1.82) is 0 Å². The lowest BCUT2D eigenvalue weighted by molar-refractivity contribution is -0.118. The molecular weight excluding hydrogens is 344 g/mol. The summed E-state index contributed by atoms with van der Waals surface area (Å²) in [5, 5.41) is 2.95. The maximum Gasteiger partial charge on any atom is 0.322 e. The number of rotatable bonds is 1. The van der Waals surface area contributed by atoms with E-state index in [2.05, 4.69) is 35.1 Å². The number of carbonyl (C=O) groups excluding carboxylic acids is 2. The molecule has 3 rings (SSSR count). The Bertz CT molecular complexity index is 694. The molecule has 2 amide bonds. The van der Waals surface area contributed by atoms with E-state index in [-0.39, 0.29) is 23.3 Å². The van der Waals surface area contributed by atoms with E-state index in [9.17, 15) is 9.59 Å². The van der Waals surface area contributed by atoms with Crippen molar-refractivity contribution >= 4 is 27.7 Å². The molecule has 0 spiro atoms. The van der Waals surface area contributed by atoms with Gasteiger partial charge in [0.25, 0.3) is 0 Å². The topological polar surface area (TPSA) is 49.4 Å². The first-order chi connectivity index (χ1) is 10.3. The fraction of sp³-hybridized carbons (Fsp3) is 0.412. The van der Waals surface area contributed by atoms with E-state index in [1.165, 1.54) is 0 Å². The molecule has 1 atom stereocenters. The highest BCUT2D eigenvalue weighted by Gasteiger charge is 2.42. The van der Waals surface area contributed by atoms with Crippen molar-refractivity contribution in [2.45, 2.75) is 32.7 Å². The molecule has 1 aromatic carbocycles. The minimum atomic E-state index is -0.361. The molecule has 5 heteroatoms. The summed E-state index contributed by atoms with van der Waals surface area (Å²) in [6.07, 6.45) is 1.25. The Morgan fingerprint density at radius 3 is 2.68 bits per heavy atom. The molecule has 0 fully saturated rings. The first-order valence-corrected chi connectivity index (χ1v) is 8.14. The van der Waals surface area contributed by atoms with Gasteiger partial charge in [-0.25, -0.2) is 4.79 Å². The average Bonchev–Trinajstić information content (AvgIpc) is 2.42. The summed E-state index contributed by atoms with van der Waals surface area (Å²) in [6, 6.07) is 7.23. The van der Waals surface area contributed by atoms with Crippen LogP contribution in [0.25, 0.3) is 0 Å². The predicted molar refractivity (Wildman–Crippen MR) is 88.2 cm³/mol. The fourth-order valence-corrected chi connectivity index (χ4v) is 3.70. The molecular formula is C17H19BrN2O2. The first kappa shape index (κ1) is 15.3. The Hall–Kier alpha value is -1.62. The third-order valence-electron chi connectivity index (χ3n) is 4.34. The fourth-order valence-electron chi connectivity index (χ4n) is 3.28. The second-order valence-corrected chi connectivity index (χ2v) is 7.71. The summed E-state index contributed by atoms with van der Waals surface area (Å²) >= 11 is 3.45. The van der Waals surface area contributed by atoms with Crippen LogP contribution in [0.3, 0.4) is 0 Å². The number of allylic oxidation sites excluding steroid dienone is 1. The number of amides is 2. The van der Waals surface area contributed by atoms with Crippen molar-refractivity contribution in [2.75, 3.05) is 7.05 Å². The molecule has 1 heterocycles. The zero-order valence-electron chi connectivity index (χ0n) is 12.9. The van der Waals surface area contributed by atoms with Gasteiger partial charge in [0.15, 0.2) is 5.78 Å². The quantitative estimate of drug-likeness (QED) is 0.825. The van der Waals surface area contributed by atoms with Gasteiger partial charge in [-0.05, 0) is 29.5 Å². The van der Waals surface area contributed by atoms with Crippen LogP contribution in [0, 0.1) is 5.41 Å². The molecule has 1 aliphatic heterocycles. The molecule has 116 valence electrons. The van der Waals surface area contributed by atoms with E-state index in [1.54, 1.807) is 11.9 Å². The van der Waals surface area contributed by atoms with Crippen LogP contribution < -0.4 is 5.32 Å². The molecule has 0 bridgehead atoms. The lowest BCUT2D eigenvalue weighted by atomic mass is 9.72. The Kier molecular flexibility index (Phi) is 3.63. The number of hydrogen-bond donors (Lipinski definition) is 1. The highest BCUT2D eigenvalue weighted by atomic mass is 79.9. The number of hydrogen-bond acceptors (Lipinski definition) is 2. The summed E-state index contributed by atoms with van der Waals surface area (Å²) in [6.45, 7) is 4.15. The molecule has 1 aromatic rings. The van der Waals surface area contributed by atoms with Crippen LogP contribution in [-0.2, 0) is 4.79 Å². The van der Waals surface area contributed by atoms with Crippen LogP contribution in [0.15, 0.2) is 40.0 Å². The third-order valence-corrected chi connectivity index (χ3v) is 4.84. The van der Waals surface area contributed by atoms with E-state index in [0.29, 0.717) is 6.42 Å². The number of nitrogens with zero attached hydrogens (tertiary/aromatic N) is 1. The summed E-state index contributed by atoms with van der Waals surface area (Å²) in [5.74, 6) is 0.128. The van der Waals surface area contributed by atoms with Gasteiger partial charge in [-0.2, -0.15) is 0 Å². The minimum Gasteiger partial charge on any atom is -0.327 e. The monoisotopic (exact) mass is 362 g/mol. The number of halogens is 1. The van der Waals surface area contributed by atoms with Gasteiger partial charge >= 0.3 is 6.03 Å². The molecule has 0 saturated heterocycles. The number of nitrogens with one attached hydrogen (secondary N) is 1. The molecule has 0 radical (unpaired) electrons. The highest BCUT2D eigenvalue weighted by Crippen LogP contribution is 2.43. The number of urea groups is 1. The Morgan fingerprint density at radius 2 is 2.00 bits per heavy atom. The molecule has 4 nitrogen and oxygen atoms in total. The first-order valence-electron chi connectivity index (χ1n) is 7.34. The Morgan fingerprint density at radius 1 is 1.27 bits per heavy atom. The molecule has 0 saturated carbocycles. The molecule has 1 aliphatic carbocycles. The van der Waals surface area contributed by atoms with Crippen molar-refractivity contribution in [2.24, 2.45) is 5.41 Å². The van der Waals surface area contributed by atoms with Crippen LogP contribution in [0.4, 0.5) is 4.79 Å². The maximum atomic E-state index is 12.7. The smallest absolute Gasteiger partial charge is 0.322 e. The lowest BCUT2D eigenvalue weighted by Gasteiger charge is -2.42. The summed E-state index contributed by atoms with van der Waals surface area (Å²) < 4.78 is 0.934. The number of Topliss-reactive ketones (excluding diaryl/α,β-unsaturated/α-hetero) is 1. The van der Waals surface area contributed by atoms with Gasteiger partial charge in [-0.3, -0.25) is 4.79 Å². The van der Waals surface area contributed by atoms with Crippen molar-refractivity contribution in [1.82, 2.24) is 10.2 Å². The molecule has 1 unspecified atom stereocenters. The van der Waals surface area contributed by atoms with Gasteiger partial charge < -0.3 is 10.2 Å². The van der Waals surface area contributed by atoms with Gasteiger partial charge in [-0.1, -0.05) is 41.9 Å². The van der Waals surface area contributed by atoms with Crippen LogP contribution >= 0.6 is 15.9 Å². The molecule has 2 aliphatic rings. The predicted octanol–water partition coefficient (Wildman–Crippen LogP) is 3.79. The Labute approximate surface area is 138 Å². The highest BCUT2D eigenvalue weighted by molar-refractivity contribution is 9.10. The van der Waals surface area contributed by atoms with Crippen molar-refractivity contribution in [3.63, 3.8) is 0 Å². The zero-order chi connectivity index (χ0) is 16.1. The average molecular weight is 363 g/mol. The van der Waals surface area contributed by atoms with Crippen LogP contribution in [-0.4, -0.2) is 23.8 Å². The van der Waals surface area contributed by atoms with E-state index >= 15 is 0 Å². The summed E-state index contributed by atoms with van der Waals surface area (Å²) in [7, 11) is 1.73. The summed E-state index contributed by atoms with van der Waals surface area (Å²) in [4.78, 5) is 26.6. The van der Waals surface area contributed by atoms with Crippen LogP contribution in [0.2, 0.25) is 0 Å². The molecule has 1 N–H and O–H groups in total. The van der Waals surface area contributed by atoms with Gasteiger partial charge in [0.05, 0.1) is 6.04 Å². The van der Waals surface area contributed by atoms with Gasteiger partial charge in [0.2, 0.25) is 0 Å². The van der Waals surface area contributed by atoms with E-state index in [4.69, 9.17) is 0 Å². The van der Waals surface area contributed by atoms with Gasteiger partial charge in [0, 0.05) is 29.2 Å². The number of carbonyl (C=O) groups is 2. The lowest BCUT2D eigenvalue weighted by Crippen LogP contribution is -2.49. The van der Waals surface area contributed by atoms with E-state index in [0.717, 1.165) is 27.7 Å². The number of benzene rings is 1. The van der Waals surface area contributed by atoms with Crippen molar-refractivity contribution < 1.29 is 9.59 Å². The molecule has 0 aromatic heterocycles. The second-order valence-electron chi connectivity index (χ2n) is 6.80. The van der Waals surface area contributed by atoms with Gasteiger partial charge in [0.1, 0.15) is 0 Å². The SMILES string of the molecule is CN1C(=O)NC(c2cccc(Br)c2)C2=C1CC(C)(C)CC2=O. The largest absolute Gasteiger partial charge is 0.327 e. The maximum absolute atomic E-state index is 12.7. The van der Waals surface area contributed by atoms with E-state index < -0.39 is 0 Å². The van der Waals surface area contributed by atoms with Crippen LogP contribution in [0.5, 0.6) is 0 Å². The van der Waals surface area contributed by atoms with Crippen LogP contribution in [0.1, 0.15) is 38.3 Å². The van der Waals surface area contributed by atoms with Crippen molar-refractivity contribution in [3.05, 3.63) is 45.6 Å². The zero-order valence-corrected chi connectivity index (χ0v) is 14.5. The van der Waals surface area contributed by atoms with Gasteiger partial charge in [-0.15, -0.1) is 0 Å². The summed E-state index contributed by atoms with van der Waals surface area (Å²) in [5.41, 5.74) is 2.41. The van der Waals surface area contributed by atoms with E-state index in [1.807, 2.05) is 24.3 Å². The minimum absolute atomic E-state index is 0.108. The number of ketones is 1. The second kappa shape index (κ2) is 5.23. The molecule has 22 heavy (non-hydrogen) atoms. The van der Waals surface area contributed by atoms with Crippen molar-refractivity contribution in [3.8, 4) is 0 Å². The standard InChI is InChI=1S/C17H19BrN2O2/c1-17(2)8-12-14(13(21)9-17)15(19-16(22)20(12)3)10-5-4-6-11(18)7-10/h4-7,15H,8-9H2,1-3H3,(H,19,22).